The Bertz CT molecular complexity index is 470. The number of carboxylic acids is 1. The molecule has 1 aromatic heterocycles. The van der Waals surface area contributed by atoms with Gasteiger partial charge < -0.3 is 9.84 Å². The molecule has 2 rings (SSSR count). The standard InChI is InChI=1S/C12H15NO4S/c1-8-9(18-7-13-8)2-4-12(11(15)16)6-17-5-3-10(12)14/h7H,2-6H2,1H3,(H,15,16). The molecule has 18 heavy (non-hydrogen) atoms. The zero-order chi connectivity index (χ0) is 13.2. The number of carbonyl (C=O) groups excluding carboxylic acids is 1. The third-order valence-corrected chi connectivity index (χ3v) is 4.38. The van der Waals surface area contributed by atoms with Gasteiger partial charge in [-0.25, -0.2) is 4.98 Å². The second-order valence-electron chi connectivity index (χ2n) is 4.47. The Hall–Kier alpha value is -1.27. The van der Waals surface area contributed by atoms with E-state index in [1.165, 1.54) is 11.3 Å². The number of ether oxygens (including phenoxy) is 1. The summed E-state index contributed by atoms with van der Waals surface area (Å²) in [5.74, 6) is -1.29. The van der Waals surface area contributed by atoms with E-state index >= 15 is 0 Å². The minimum atomic E-state index is -1.37. The van der Waals surface area contributed by atoms with Crippen molar-refractivity contribution >= 4 is 23.1 Å². The molecule has 6 heteroatoms. The van der Waals surface area contributed by atoms with E-state index in [1.807, 2.05) is 6.92 Å². The molecule has 0 spiro atoms. The van der Waals surface area contributed by atoms with Crippen LogP contribution in [-0.2, 0) is 20.7 Å². The van der Waals surface area contributed by atoms with Crippen LogP contribution in [0.15, 0.2) is 5.51 Å². The van der Waals surface area contributed by atoms with Crippen LogP contribution in [0.5, 0.6) is 0 Å². The summed E-state index contributed by atoms with van der Waals surface area (Å²) in [4.78, 5) is 28.5. The first-order valence-corrected chi connectivity index (χ1v) is 6.67. The second-order valence-corrected chi connectivity index (χ2v) is 5.41. The average Bonchev–Trinajstić information content (AvgIpc) is 2.74. The van der Waals surface area contributed by atoms with Gasteiger partial charge in [-0.15, -0.1) is 11.3 Å². The third kappa shape index (κ3) is 2.30. The van der Waals surface area contributed by atoms with Crippen LogP contribution in [0.4, 0.5) is 0 Å². The van der Waals surface area contributed by atoms with E-state index < -0.39 is 11.4 Å². The van der Waals surface area contributed by atoms with Gasteiger partial charge in [0.05, 0.1) is 24.4 Å². The number of rotatable bonds is 4. The highest BCUT2D eigenvalue weighted by Crippen LogP contribution is 2.32. The summed E-state index contributed by atoms with van der Waals surface area (Å²) in [6, 6.07) is 0. The number of carbonyl (C=O) groups is 2. The highest BCUT2D eigenvalue weighted by Gasteiger charge is 2.47. The van der Waals surface area contributed by atoms with Crippen molar-refractivity contribution in [3.8, 4) is 0 Å². The first-order chi connectivity index (χ1) is 8.56. The summed E-state index contributed by atoms with van der Waals surface area (Å²) < 4.78 is 5.20. The molecule has 5 nitrogen and oxygen atoms in total. The molecular formula is C12H15NO4S. The Balaban J connectivity index is 2.14. The van der Waals surface area contributed by atoms with Crippen LogP contribution in [0.3, 0.4) is 0 Å². The molecule has 1 aromatic rings. The average molecular weight is 269 g/mol. The topological polar surface area (TPSA) is 76.5 Å². The molecule has 0 saturated carbocycles. The van der Waals surface area contributed by atoms with Gasteiger partial charge in [0.1, 0.15) is 5.41 Å². The maximum atomic E-state index is 11.9. The molecule has 1 unspecified atom stereocenters. The van der Waals surface area contributed by atoms with E-state index in [0.717, 1.165) is 10.6 Å². The van der Waals surface area contributed by atoms with Gasteiger partial charge in [0.25, 0.3) is 0 Å². The van der Waals surface area contributed by atoms with Crippen LogP contribution < -0.4 is 0 Å². The highest BCUT2D eigenvalue weighted by atomic mass is 32.1. The lowest BCUT2D eigenvalue weighted by Gasteiger charge is -2.31. The van der Waals surface area contributed by atoms with Crippen LogP contribution in [0, 0.1) is 12.3 Å². The zero-order valence-electron chi connectivity index (χ0n) is 10.1. The Labute approximate surface area is 109 Å². The molecule has 0 aliphatic carbocycles. The molecule has 0 radical (unpaired) electrons. The predicted molar refractivity (Wildman–Crippen MR) is 65.7 cm³/mol. The molecule has 1 saturated heterocycles. The number of carboxylic acid groups (broad SMARTS) is 1. The van der Waals surface area contributed by atoms with Gasteiger partial charge in [-0.05, 0) is 19.8 Å². The van der Waals surface area contributed by atoms with E-state index in [1.54, 1.807) is 5.51 Å². The Morgan fingerprint density at radius 1 is 1.67 bits per heavy atom. The highest BCUT2D eigenvalue weighted by molar-refractivity contribution is 7.09. The molecule has 1 fully saturated rings. The fraction of sp³-hybridized carbons (Fsp3) is 0.583. The minimum absolute atomic E-state index is 0.0149. The molecule has 0 bridgehead atoms. The van der Waals surface area contributed by atoms with Gasteiger partial charge in [0.2, 0.25) is 0 Å². The Morgan fingerprint density at radius 3 is 3.00 bits per heavy atom. The second kappa shape index (κ2) is 5.16. The Kier molecular flexibility index (Phi) is 3.77. The van der Waals surface area contributed by atoms with Crippen molar-refractivity contribution in [3.63, 3.8) is 0 Å². The van der Waals surface area contributed by atoms with Gasteiger partial charge in [0, 0.05) is 11.3 Å². The zero-order valence-corrected chi connectivity index (χ0v) is 11.0. The van der Waals surface area contributed by atoms with Crippen molar-refractivity contribution in [3.05, 3.63) is 16.1 Å². The third-order valence-electron chi connectivity index (χ3n) is 3.39. The largest absolute Gasteiger partial charge is 0.480 e. The predicted octanol–water partition coefficient (Wildman–Crippen LogP) is 1.44. The van der Waals surface area contributed by atoms with Crippen LogP contribution in [0.25, 0.3) is 0 Å². The molecule has 2 heterocycles. The number of Topliss-reactive ketones (excluding diaryl/α,β-unsaturated/α-hetero) is 1. The summed E-state index contributed by atoms with van der Waals surface area (Å²) >= 11 is 1.49. The van der Waals surface area contributed by atoms with Crippen molar-refractivity contribution < 1.29 is 19.4 Å². The maximum absolute atomic E-state index is 11.9. The monoisotopic (exact) mass is 269 g/mol. The quantitative estimate of drug-likeness (QED) is 0.837. The summed E-state index contributed by atoms with van der Waals surface area (Å²) in [5, 5.41) is 9.34. The first-order valence-electron chi connectivity index (χ1n) is 5.80. The van der Waals surface area contributed by atoms with Gasteiger partial charge >= 0.3 is 5.97 Å². The number of hydrogen-bond acceptors (Lipinski definition) is 5. The number of aryl methyl sites for hydroxylation is 2. The van der Waals surface area contributed by atoms with Crippen molar-refractivity contribution in [1.29, 1.82) is 0 Å². The Morgan fingerprint density at radius 2 is 2.44 bits per heavy atom. The van der Waals surface area contributed by atoms with E-state index in [4.69, 9.17) is 4.74 Å². The number of aromatic nitrogens is 1. The van der Waals surface area contributed by atoms with Crippen molar-refractivity contribution in [2.75, 3.05) is 13.2 Å². The smallest absolute Gasteiger partial charge is 0.319 e. The maximum Gasteiger partial charge on any atom is 0.319 e. The van der Waals surface area contributed by atoms with Gasteiger partial charge in [0.15, 0.2) is 5.78 Å². The number of nitrogens with zero attached hydrogens (tertiary/aromatic N) is 1. The number of thiazole rings is 1. The van der Waals surface area contributed by atoms with Crippen molar-refractivity contribution in [1.82, 2.24) is 4.98 Å². The normalized spacial score (nSPS) is 24.2. The lowest BCUT2D eigenvalue weighted by Crippen LogP contribution is -2.47. The fourth-order valence-electron chi connectivity index (χ4n) is 2.12. The molecule has 0 aromatic carbocycles. The summed E-state index contributed by atoms with van der Waals surface area (Å²) in [6.45, 7) is 2.20. The lowest BCUT2D eigenvalue weighted by atomic mass is 9.77. The van der Waals surface area contributed by atoms with Crippen molar-refractivity contribution in [2.24, 2.45) is 5.41 Å². The first kappa shape index (κ1) is 13.2. The van der Waals surface area contributed by atoms with Crippen LogP contribution in [0.1, 0.15) is 23.4 Å². The number of aliphatic carboxylic acids is 1. The van der Waals surface area contributed by atoms with Gasteiger partial charge in [-0.1, -0.05) is 0 Å². The molecule has 1 aliphatic heterocycles. The van der Waals surface area contributed by atoms with E-state index in [2.05, 4.69) is 4.98 Å². The summed E-state index contributed by atoms with van der Waals surface area (Å²) in [6.07, 6.45) is 1.02. The van der Waals surface area contributed by atoms with Crippen molar-refractivity contribution in [2.45, 2.75) is 26.2 Å². The van der Waals surface area contributed by atoms with Gasteiger partial charge in [-0.3, -0.25) is 9.59 Å². The fourth-order valence-corrected chi connectivity index (χ4v) is 2.90. The molecule has 1 atom stereocenters. The molecule has 1 N–H and O–H groups in total. The molecule has 0 amide bonds. The van der Waals surface area contributed by atoms with E-state index in [0.29, 0.717) is 13.0 Å². The number of ketones is 1. The molecule has 1 aliphatic rings. The van der Waals surface area contributed by atoms with E-state index in [9.17, 15) is 14.7 Å². The number of hydrogen-bond donors (Lipinski definition) is 1. The minimum Gasteiger partial charge on any atom is -0.480 e. The van der Waals surface area contributed by atoms with Crippen LogP contribution in [0.2, 0.25) is 0 Å². The molecular weight excluding hydrogens is 254 g/mol. The molecule has 98 valence electrons. The van der Waals surface area contributed by atoms with Crippen LogP contribution >= 0.6 is 11.3 Å². The SMILES string of the molecule is Cc1ncsc1CCC1(C(=O)O)COCCC1=O. The summed E-state index contributed by atoms with van der Waals surface area (Å²) in [5.41, 5.74) is 1.27. The van der Waals surface area contributed by atoms with Crippen LogP contribution in [-0.4, -0.2) is 35.1 Å². The van der Waals surface area contributed by atoms with Gasteiger partial charge in [-0.2, -0.15) is 0 Å². The lowest BCUT2D eigenvalue weighted by molar-refractivity contribution is -0.165. The summed E-state index contributed by atoms with van der Waals surface area (Å²) in [7, 11) is 0. The van der Waals surface area contributed by atoms with E-state index in [-0.39, 0.29) is 25.2 Å².